The van der Waals surface area contributed by atoms with E-state index in [2.05, 4.69) is 23.7 Å². The predicted octanol–water partition coefficient (Wildman–Crippen LogP) is 3.37. The maximum Gasteiger partial charge on any atom is 0.179 e. The second-order valence-corrected chi connectivity index (χ2v) is 7.03. The molecule has 21 heavy (non-hydrogen) atoms. The summed E-state index contributed by atoms with van der Waals surface area (Å²) in [5.74, 6) is 0.507. The topological polar surface area (TPSA) is 52.9 Å². The molecule has 0 fully saturated rings. The maximum absolute atomic E-state index is 12.5. The van der Waals surface area contributed by atoms with Crippen molar-refractivity contribution in [3.05, 3.63) is 41.2 Å². The summed E-state index contributed by atoms with van der Waals surface area (Å²) in [5.41, 5.74) is 4.04. The summed E-state index contributed by atoms with van der Waals surface area (Å²) < 4.78 is 17.5. The molecule has 4 nitrogen and oxygen atoms in total. The molecule has 0 aliphatic heterocycles. The minimum atomic E-state index is -1.27. The number of hydrogen-bond acceptors (Lipinski definition) is 3. The average Bonchev–Trinajstić information content (AvgIpc) is 2.66. The van der Waals surface area contributed by atoms with E-state index in [-0.39, 0.29) is 0 Å². The summed E-state index contributed by atoms with van der Waals surface area (Å²) in [6, 6.07) is 7.73. The van der Waals surface area contributed by atoms with Crippen LogP contribution >= 0.6 is 0 Å². The third-order valence-electron chi connectivity index (χ3n) is 3.44. The quantitative estimate of drug-likeness (QED) is 0.862. The summed E-state index contributed by atoms with van der Waals surface area (Å²) in [6.07, 6.45) is 0.870. The van der Waals surface area contributed by atoms with Gasteiger partial charge in [0.2, 0.25) is 0 Å². The summed E-state index contributed by atoms with van der Waals surface area (Å²) in [6.45, 7) is 8.33. The molecule has 1 atom stereocenters. The number of benzene rings is 1. The Balaban J connectivity index is 2.23. The van der Waals surface area contributed by atoms with Crippen LogP contribution in [0.4, 0.5) is 5.69 Å². The Morgan fingerprint density at radius 3 is 2.43 bits per heavy atom. The van der Waals surface area contributed by atoms with Crippen LogP contribution in [0.2, 0.25) is 0 Å². The second kappa shape index (κ2) is 6.54. The average molecular weight is 305 g/mol. The lowest BCUT2D eigenvalue weighted by Crippen LogP contribution is -2.15. The summed E-state index contributed by atoms with van der Waals surface area (Å²) >= 11 is -1.27. The van der Waals surface area contributed by atoms with Gasteiger partial charge in [-0.2, -0.15) is 9.82 Å². The van der Waals surface area contributed by atoms with E-state index in [4.69, 9.17) is 0 Å². The van der Waals surface area contributed by atoms with Crippen molar-refractivity contribution < 1.29 is 4.55 Å². The molecule has 0 aliphatic rings. The van der Waals surface area contributed by atoms with Crippen molar-refractivity contribution in [1.29, 1.82) is 0 Å². The molecule has 1 aromatic carbocycles. The highest BCUT2D eigenvalue weighted by Crippen LogP contribution is 2.25. The third-order valence-corrected chi connectivity index (χ3v) is 4.53. The molecule has 0 spiro atoms. The molecule has 0 bridgehead atoms. The Morgan fingerprint density at radius 1 is 1.24 bits per heavy atom. The molecular weight excluding hydrogens is 282 g/mol. The molecule has 0 saturated carbocycles. The first-order chi connectivity index (χ1) is 9.88. The molecule has 2 aromatic rings. The van der Waals surface area contributed by atoms with E-state index in [1.807, 2.05) is 49.8 Å². The Kier molecular flexibility index (Phi) is 4.96. The van der Waals surface area contributed by atoms with Crippen LogP contribution in [-0.2, 0) is 24.8 Å². The van der Waals surface area contributed by atoms with Crippen LogP contribution < -0.4 is 4.72 Å². The van der Waals surface area contributed by atoms with Crippen LogP contribution in [0.15, 0.2) is 29.2 Å². The molecule has 1 unspecified atom stereocenters. The zero-order valence-corrected chi connectivity index (χ0v) is 14.1. The number of rotatable bonds is 5. The Hall–Kier alpha value is -1.46. The molecule has 0 amide bonds. The Labute approximate surface area is 129 Å². The molecule has 0 aliphatic carbocycles. The zero-order chi connectivity index (χ0) is 15.6. The van der Waals surface area contributed by atoms with Gasteiger partial charge in [0, 0.05) is 7.05 Å². The highest BCUT2D eigenvalue weighted by atomic mass is 32.2. The van der Waals surface area contributed by atoms with Gasteiger partial charge in [-0.1, -0.05) is 31.5 Å². The number of nitrogens with zero attached hydrogens (tertiary/aromatic N) is 2. The van der Waals surface area contributed by atoms with Crippen LogP contribution in [0.1, 0.15) is 30.8 Å². The third kappa shape index (κ3) is 3.80. The van der Waals surface area contributed by atoms with Crippen molar-refractivity contribution in [2.24, 2.45) is 13.0 Å². The van der Waals surface area contributed by atoms with Crippen LogP contribution in [0.3, 0.4) is 0 Å². The molecule has 2 rings (SSSR count). The van der Waals surface area contributed by atoms with Crippen LogP contribution in [0.25, 0.3) is 0 Å². The summed E-state index contributed by atoms with van der Waals surface area (Å²) in [4.78, 5) is 0.777. The van der Waals surface area contributed by atoms with E-state index in [0.29, 0.717) is 5.92 Å². The smallest absolute Gasteiger partial charge is 0.179 e. The summed E-state index contributed by atoms with van der Waals surface area (Å²) in [5, 5.41) is 4.53. The monoisotopic (exact) mass is 305 g/mol. The fourth-order valence-electron chi connectivity index (χ4n) is 2.15. The molecule has 5 heteroatoms. The first-order valence-corrected chi connectivity index (χ1v) is 8.31. The highest BCUT2D eigenvalue weighted by Gasteiger charge is 2.20. The van der Waals surface area contributed by atoms with Crippen molar-refractivity contribution in [1.82, 2.24) is 9.78 Å². The minimum Gasteiger partial charge on any atom is -0.588 e. The lowest BCUT2D eigenvalue weighted by molar-refractivity contribution is 0.599. The lowest BCUT2D eigenvalue weighted by Gasteiger charge is -2.13. The maximum atomic E-state index is 12.5. The largest absolute Gasteiger partial charge is 0.588 e. The van der Waals surface area contributed by atoms with Gasteiger partial charge < -0.3 is 4.55 Å². The van der Waals surface area contributed by atoms with Gasteiger partial charge in [0.25, 0.3) is 0 Å². The van der Waals surface area contributed by atoms with Crippen LogP contribution in [-0.4, -0.2) is 14.3 Å². The van der Waals surface area contributed by atoms with E-state index >= 15 is 0 Å². The molecule has 114 valence electrons. The van der Waals surface area contributed by atoms with Gasteiger partial charge in [0.1, 0.15) is 17.0 Å². The number of hydrogen-bond donors (Lipinski definition) is 1. The number of aryl methyl sites for hydroxylation is 2. The van der Waals surface area contributed by atoms with E-state index in [9.17, 15) is 4.55 Å². The van der Waals surface area contributed by atoms with Crippen molar-refractivity contribution in [3.63, 3.8) is 0 Å². The van der Waals surface area contributed by atoms with Crippen LogP contribution in [0, 0.1) is 19.8 Å². The summed E-state index contributed by atoms with van der Waals surface area (Å²) in [7, 11) is 1.92. The van der Waals surface area contributed by atoms with E-state index in [0.717, 1.165) is 34.0 Å². The molecular formula is C16H23N3OS. The van der Waals surface area contributed by atoms with Gasteiger partial charge in [0.05, 0.1) is 11.4 Å². The van der Waals surface area contributed by atoms with Gasteiger partial charge in [-0.15, -0.1) is 0 Å². The predicted molar refractivity (Wildman–Crippen MR) is 87.7 cm³/mol. The number of aromatic nitrogens is 2. The van der Waals surface area contributed by atoms with Gasteiger partial charge in [-0.3, -0.25) is 4.68 Å². The van der Waals surface area contributed by atoms with E-state index in [1.54, 1.807) is 0 Å². The first-order valence-electron chi connectivity index (χ1n) is 7.16. The van der Waals surface area contributed by atoms with Gasteiger partial charge in [0.15, 0.2) is 4.90 Å². The van der Waals surface area contributed by atoms with Crippen molar-refractivity contribution >= 4 is 17.0 Å². The van der Waals surface area contributed by atoms with Crippen molar-refractivity contribution in [2.75, 3.05) is 4.72 Å². The van der Waals surface area contributed by atoms with E-state index < -0.39 is 11.4 Å². The van der Waals surface area contributed by atoms with Gasteiger partial charge in [-0.25, -0.2) is 0 Å². The van der Waals surface area contributed by atoms with Gasteiger partial charge >= 0.3 is 0 Å². The van der Waals surface area contributed by atoms with E-state index in [1.165, 1.54) is 0 Å². The van der Waals surface area contributed by atoms with Crippen molar-refractivity contribution in [2.45, 2.75) is 39.0 Å². The fourth-order valence-corrected chi connectivity index (χ4v) is 3.10. The highest BCUT2D eigenvalue weighted by molar-refractivity contribution is 7.92. The molecule has 1 heterocycles. The first kappa shape index (κ1) is 15.9. The number of anilines is 1. The zero-order valence-electron chi connectivity index (χ0n) is 13.3. The minimum absolute atomic E-state index is 0.507. The fraction of sp³-hybridized carbons (Fsp3) is 0.438. The Morgan fingerprint density at radius 2 is 1.86 bits per heavy atom. The molecule has 1 aromatic heterocycles. The standard InChI is InChI=1S/C16H23N3OS/c1-11(2)10-15-16(13(4)19(5)17-15)18-21(20)14-8-6-12(3)7-9-14/h6-9,11,18H,10H2,1-5H3. The lowest BCUT2D eigenvalue weighted by atomic mass is 10.1. The SMILES string of the molecule is Cc1ccc([S+]([O-])Nc2c(CC(C)C)nn(C)c2C)cc1. The second-order valence-electron chi connectivity index (χ2n) is 5.81. The molecule has 1 N–H and O–H groups in total. The molecule has 0 radical (unpaired) electrons. The molecule has 0 saturated heterocycles. The Bertz CT molecular complexity index is 605. The normalized spacial score (nSPS) is 12.7. The van der Waals surface area contributed by atoms with Crippen molar-refractivity contribution in [3.8, 4) is 0 Å². The number of nitrogens with one attached hydrogen (secondary N) is 1. The van der Waals surface area contributed by atoms with Gasteiger partial charge in [-0.05, 0) is 38.3 Å². The van der Waals surface area contributed by atoms with Crippen LogP contribution in [0.5, 0.6) is 0 Å².